The van der Waals surface area contributed by atoms with Crippen LogP contribution in [-0.2, 0) is 5.75 Å². The number of hydrogen-bond donors (Lipinski definition) is 0. The summed E-state index contributed by atoms with van der Waals surface area (Å²) in [6.07, 6.45) is 1.06. The molecule has 5 heteroatoms. The van der Waals surface area contributed by atoms with Crippen molar-refractivity contribution in [2.75, 3.05) is 0 Å². The topological polar surface area (TPSA) is 43.1 Å². The summed E-state index contributed by atoms with van der Waals surface area (Å²) >= 11 is 1.72. The third-order valence-electron chi connectivity index (χ3n) is 2.32. The fourth-order valence-electron chi connectivity index (χ4n) is 1.14. The van der Waals surface area contributed by atoms with Crippen LogP contribution in [0, 0.1) is 15.9 Å². The molecule has 1 atom stereocenters. The minimum absolute atomic E-state index is 0.461. The van der Waals surface area contributed by atoms with Crippen LogP contribution in [0.25, 0.3) is 0 Å². The first-order valence-electron chi connectivity index (χ1n) is 5.09. The average Bonchev–Trinajstić information content (AvgIpc) is 2.25. The van der Waals surface area contributed by atoms with Crippen molar-refractivity contribution in [2.45, 2.75) is 31.3 Å². The number of nitro groups is 1. The number of benzene rings is 1. The number of nitrogens with zero attached hydrogens (tertiary/aromatic N) is 1. The molecule has 0 aliphatic heterocycles. The summed E-state index contributed by atoms with van der Waals surface area (Å²) in [6, 6.07) is 4.08. The molecule has 0 saturated carbocycles. The van der Waals surface area contributed by atoms with Gasteiger partial charge < -0.3 is 0 Å². The highest BCUT2D eigenvalue weighted by Gasteiger charge is 2.13. The third-order valence-corrected chi connectivity index (χ3v) is 3.72. The van der Waals surface area contributed by atoms with Gasteiger partial charge in [-0.05, 0) is 18.1 Å². The maximum Gasteiger partial charge on any atom is 0.304 e. The van der Waals surface area contributed by atoms with Crippen molar-refractivity contribution < 1.29 is 9.31 Å². The van der Waals surface area contributed by atoms with Crippen molar-refractivity contribution in [3.8, 4) is 0 Å². The fraction of sp³-hybridized carbons (Fsp3) is 0.455. The van der Waals surface area contributed by atoms with Crippen LogP contribution in [0.3, 0.4) is 0 Å². The van der Waals surface area contributed by atoms with E-state index in [1.54, 1.807) is 17.8 Å². The molecule has 0 saturated heterocycles. The number of hydrogen-bond acceptors (Lipinski definition) is 3. The van der Waals surface area contributed by atoms with Crippen LogP contribution in [0.15, 0.2) is 18.2 Å². The van der Waals surface area contributed by atoms with E-state index in [0.29, 0.717) is 11.0 Å². The summed E-state index contributed by atoms with van der Waals surface area (Å²) in [5, 5.41) is 10.9. The van der Waals surface area contributed by atoms with E-state index in [2.05, 4.69) is 13.8 Å². The number of thioether (sulfide) groups is 1. The maximum atomic E-state index is 13.3. The zero-order valence-corrected chi connectivity index (χ0v) is 10.1. The molecule has 0 heterocycles. The fourth-order valence-corrected chi connectivity index (χ4v) is 2.04. The van der Waals surface area contributed by atoms with Gasteiger partial charge in [-0.1, -0.05) is 19.9 Å². The van der Waals surface area contributed by atoms with Gasteiger partial charge >= 0.3 is 5.69 Å². The van der Waals surface area contributed by atoms with Crippen LogP contribution >= 0.6 is 11.8 Å². The minimum atomic E-state index is -0.757. The van der Waals surface area contributed by atoms with E-state index in [9.17, 15) is 14.5 Å². The second-order valence-corrected chi connectivity index (χ2v) is 5.00. The van der Waals surface area contributed by atoms with Crippen LogP contribution < -0.4 is 0 Å². The number of rotatable bonds is 5. The molecule has 3 nitrogen and oxygen atoms in total. The van der Waals surface area contributed by atoms with Gasteiger partial charge in [0.05, 0.1) is 4.92 Å². The highest BCUT2D eigenvalue weighted by molar-refractivity contribution is 7.99. The summed E-state index contributed by atoms with van der Waals surface area (Å²) < 4.78 is 13.3. The Hall–Kier alpha value is -1.10. The minimum Gasteiger partial charge on any atom is -0.258 e. The van der Waals surface area contributed by atoms with Gasteiger partial charge in [0.2, 0.25) is 5.82 Å². The first-order valence-corrected chi connectivity index (χ1v) is 6.14. The van der Waals surface area contributed by atoms with E-state index in [1.165, 1.54) is 12.1 Å². The molecule has 0 N–H and O–H groups in total. The molecule has 88 valence electrons. The van der Waals surface area contributed by atoms with E-state index in [1.807, 2.05) is 0 Å². The van der Waals surface area contributed by atoms with Gasteiger partial charge in [0.1, 0.15) is 0 Å². The molecule has 0 aliphatic carbocycles. The monoisotopic (exact) mass is 243 g/mol. The van der Waals surface area contributed by atoms with E-state index in [0.717, 1.165) is 12.0 Å². The lowest BCUT2D eigenvalue weighted by atomic mass is 10.2. The highest BCUT2D eigenvalue weighted by atomic mass is 32.2. The zero-order valence-electron chi connectivity index (χ0n) is 9.27. The lowest BCUT2D eigenvalue weighted by Crippen LogP contribution is -1.96. The van der Waals surface area contributed by atoms with Crippen LogP contribution in [0.4, 0.5) is 10.1 Å². The predicted molar refractivity (Wildman–Crippen MR) is 64.1 cm³/mol. The molecule has 1 aromatic rings. The first kappa shape index (κ1) is 13.0. The zero-order chi connectivity index (χ0) is 12.1. The normalized spacial score (nSPS) is 12.4. The summed E-state index contributed by atoms with van der Waals surface area (Å²) in [5.41, 5.74) is 0.325. The van der Waals surface area contributed by atoms with Gasteiger partial charge in [0, 0.05) is 17.1 Å². The highest BCUT2D eigenvalue weighted by Crippen LogP contribution is 2.23. The Bertz CT molecular complexity index is 384. The van der Waals surface area contributed by atoms with Crippen molar-refractivity contribution in [1.29, 1.82) is 0 Å². The van der Waals surface area contributed by atoms with Crippen molar-refractivity contribution in [1.82, 2.24) is 0 Å². The van der Waals surface area contributed by atoms with Crippen LogP contribution in [-0.4, -0.2) is 10.2 Å². The maximum absolute atomic E-state index is 13.3. The van der Waals surface area contributed by atoms with Crippen LogP contribution in [0.5, 0.6) is 0 Å². The van der Waals surface area contributed by atoms with E-state index in [-0.39, 0.29) is 0 Å². The van der Waals surface area contributed by atoms with E-state index < -0.39 is 16.4 Å². The summed E-state index contributed by atoms with van der Waals surface area (Å²) in [4.78, 5) is 9.70. The Morgan fingerprint density at radius 3 is 2.75 bits per heavy atom. The number of nitro benzene ring substituents is 1. The molecule has 0 amide bonds. The van der Waals surface area contributed by atoms with E-state index in [4.69, 9.17) is 0 Å². The van der Waals surface area contributed by atoms with Crippen molar-refractivity contribution in [3.63, 3.8) is 0 Å². The van der Waals surface area contributed by atoms with Crippen molar-refractivity contribution in [2.24, 2.45) is 0 Å². The first-order chi connectivity index (χ1) is 7.54. The Morgan fingerprint density at radius 1 is 1.56 bits per heavy atom. The lowest BCUT2D eigenvalue weighted by Gasteiger charge is -2.07. The molecule has 1 unspecified atom stereocenters. The van der Waals surface area contributed by atoms with Gasteiger partial charge in [-0.3, -0.25) is 10.1 Å². The lowest BCUT2D eigenvalue weighted by molar-refractivity contribution is -0.387. The Labute approximate surface area is 98.2 Å². The molecule has 1 rings (SSSR count). The molecule has 0 aromatic heterocycles. The molecule has 0 bridgehead atoms. The van der Waals surface area contributed by atoms with Gasteiger partial charge in [0.15, 0.2) is 0 Å². The Morgan fingerprint density at radius 2 is 2.25 bits per heavy atom. The predicted octanol–water partition coefficient (Wildman–Crippen LogP) is 3.77. The third kappa shape index (κ3) is 3.48. The standard InChI is InChI=1S/C11H14FNO2S/c1-3-8(2)16-7-9-4-5-11(13(14)15)10(12)6-9/h4-6,8H,3,7H2,1-2H3. The largest absolute Gasteiger partial charge is 0.304 e. The molecule has 0 spiro atoms. The molecular weight excluding hydrogens is 229 g/mol. The van der Waals surface area contributed by atoms with Gasteiger partial charge in [-0.15, -0.1) is 0 Å². The van der Waals surface area contributed by atoms with Crippen molar-refractivity contribution in [3.05, 3.63) is 39.7 Å². The average molecular weight is 243 g/mol. The molecule has 0 aliphatic rings. The van der Waals surface area contributed by atoms with Crippen LogP contribution in [0.2, 0.25) is 0 Å². The molecule has 0 fully saturated rings. The van der Waals surface area contributed by atoms with Crippen molar-refractivity contribution >= 4 is 17.4 Å². The second kappa shape index (κ2) is 5.84. The quantitative estimate of drug-likeness (QED) is 0.584. The molecule has 16 heavy (non-hydrogen) atoms. The van der Waals surface area contributed by atoms with Crippen LogP contribution in [0.1, 0.15) is 25.8 Å². The molecular formula is C11H14FNO2S. The molecule has 1 aromatic carbocycles. The van der Waals surface area contributed by atoms with Gasteiger partial charge in [-0.25, -0.2) is 0 Å². The Kier molecular flexibility index (Phi) is 4.73. The Balaban J connectivity index is 2.70. The van der Waals surface area contributed by atoms with Gasteiger partial charge in [-0.2, -0.15) is 16.2 Å². The summed E-state index contributed by atoms with van der Waals surface area (Å²) in [5.74, 6) is -0.0727. The summed E-state index contributed by atoms with van der Waals surface area (Å²) in [7, 11) is 0. The molecule has 0 radical (unpaired) electrons. The second-order valence-electron chi connectivity index (χ2n) is 3.57. The number of halogens is 1. The smallest absolute Gasteiger partial charge is 0.258 e. The van der Waals surface area contributed by atoms with Gasteiger partial charge in [0.25, 0.3) is 0 Å². The summed E-state index contributed by atoms with van der Waals surface area (Å²) in [6.45, 7) is 4.19. The SMILES string of the molecule is CCC(C)SCc1ccc([N+](=O)[O-])c(F)c1. The van der Waals surface area contributed by atoms with E-state index >= 15 is 0 Å².